The van der Waals surface area contributed by atoms with E-state index in [9.17, 15) is 0 Å². The Bertz CT molecular complexity index is 465. The Morgan fingerprint density at radius 2 is 2.15 bits per heavy atom. The molecule has 1 aromatic carbocycles. The highest BCUT2D eigenvalue weighted by Crippen LogP contribution is 2.29. The highest BCUT2D eigenvalue weighted by molar-refractivity contribution is 9.10. The summed E-state index contributed by atoms with van der Waals surface area (Å²) in [6, 6.07) is 5.81. The normalized spacial score (nSPS) is 10.6. The first-order valence-electron chi connectivity index (χ1n) is 3.68. The van der Waals surface area contributed by atoms with Gasteiger partial charge in [-0.05, 0) is 12.1 Å². The summed E-state index contributed by atoms with van der Waals surface area (Å²) in [5, 5.41) is 2.42. The number of benzene rings is 1. The van der Waals surface area contributed by atoms with E-state index in [1.54, 1.807) is 6.20 Å². The molecule has 0 amide bonds. The molecule has 0 unspecified atom stereocenters. The molecule has 66 valence electrons. The summed E-state index contributed by atoms with van der Waals surface area (Å²) in [6.07, 6.45) is 1.71. The van der Waals surface area contributed by atoms with Crippen LogP contribution in [-0.2, 0) is 0 Å². The Balaban J connectivity index is 2.89. The summed E-state index contributed by atoms with van der Waals surface area (Å²) in [6.45, 7) is 0. The maximum atomic E-state index is 5.99. The monoisotopic (exact) mass is 256 g/mol. The first-order chi connectivity index (χ1) is 6.18. The van der Waals surface area contributed by atoms with Gasteiger partial charge in [0.2, 0.25) is 0 Å². The van der Waals surface area contributed by atoms with Crippen molar-refractivity contribution in [1.29, 1.82) is 0 Å². The van der Waals surface area contributed by atoms with Crippen LogP contribution < -0.4 is 5.73 Å². The Labute approximate surface area is 88.8 Å². The van der Waals surface area contributed by atoms with Crippen LogP contribution >= 0.6 is 27.5 Å². The van der Waals surface area contributed by atoms with E-state index in [1.807, 2.05) is 18.2 Å². The Kier molecular flexibility index (Phi) is 2.14. The first-order valence-corrected chi connectivity index (χ1v) is 4.85. The molecule has 0 aliphatic carbocycles. The lowest BCUT2D eigenvalue weighted by atomic mass is 10.2. The third-order valence-electron chi connectivity index (χ3n) is 1.82. The van der Waals surface area contributed by atoms with Crippen molar-refractivity contribution in [2.24, 2.45) is 0 Å². The number of nitrogens with two attached hydrogens (primary N) is 1. The molecule has 0 bridgehead atoms. The van der Waals surface area contributed by atoms with E-state index in [2.05, 4.69) is 20.9 Å². The van der Waals surface area contributed by atoms with E-state index in [0.29, 0.717) is 10.8 Å². The molecule has 2 rings (SSSR count). The van der Waals surface area contributed by atoms with Gasteiger partial charge in [-0.2, -0.15) is 0 Å². The molecule has 2 N–H and O–H groups in total. The molecule has 0 saturated carbocycles. The van der Waals surface area contributed by atoms with E-state index in [0.717, 1.165) is 15.2 Å². The number of nitrogens with zero attached hydrogens (tertiary/aromatic N) is 1. The number of fused-ring (bicyclic) bond motifs is 1. The second kappa shape index (κ2) is 3.16. The summed E-state index contributed by atoms with van der Waals surface area (Å²) in [4.78, 5) is 3.97. The van der Waals surface area contributed by atoms with Crippen molar-refractivity contribution in [1.82, 2.24) is 4.98 Å². The zero-order valence-electron chi connectivity index (χ0n) is 6.59. The Morgan fingerprint density at radius 1 is 1.38 bits per heavy atom. The van der Waals surface area contributed by atoms with Crippen LogP contribution in [0.2, 0.25) is 5.02 Å². The van der Waals surface area contributed by atoms with Crippen LogP contribution in [0, 0.1) is 0 Å². The van der Waals surface area contributed by atoms with Gasteiger partial charge in [-0.1, -0.05) is 33.6 Å². The minimum atomic E-state index is 0.368. The summed E-state index contributed by atoms with van der Waals surface area (Å²) < 4.78 is 0.979. The van der Waals surface area contributed by atoms with Gasteiger partial charge in [0, 0.05) is 21.4 Å². The van der Waals surface area contributed by atoms with Gasteiger partial charge in [-0.3, -0.25) is 0 Å². The third-order valence-corrected chi connectivity index (χ3v) is 2.71. The summed E-state index contributed by atoms with van der Waals surface area (Å²) in [5.74, 6) is 0.368. The fourth-order valence-corrected chi connectivity index (χ4v) is 1.74. The predicted octanol–water partition coefficient (Wildman–Crippen LogP) is 3.23. The topological polar surface area (TPSA) is 38.9 Å². The molecular formula is C9H6BrClN2. The lowest BCUT2D eigenvalue weighted by Crippen LogP contribution is -1.91. The SMILES string of the molecule is Nc1ncc2ccc(Br)cc2c1Cl. The Morgan fingerprint density at radius 3 is 2.92 bits per heavy atom. The molecule has 13 heavy (non-hydrogen) atoms. The molecule has 4 heteroatoms. The number of halogens is 2. The van der Waals surface area contributed by atoms with Gasteiger partial charge in [0.25, 0.3) is 0 Å². The molecule has 0 aliphatic rings. The molecule has 2 nitrogen and oxygen atoms in total. The highest BCUT2D eigenvalue weighted by atomic mass is 79.9. The third kappa shape index (κ3) is 1.49. The van der Waals surface area contributed by atoms with Crippen molar-refractivity contribution in [2.45, 2.75) is 0 Å². The highest BCUT2D eigenvalue weighted by Gasteiger charge is 2.03. The van der Waals surface area contributed by atoms with Gasteiger partial charge in [0.05, 0.1) is 5.02 Å². The summed E-state index contributed by atoms with van der Waals surface area (Å²) >= 11 is 9.36. The second-order valence-electron chi connectivity index (χ2n) is 2.69. The molecule has 0 atom stereocenters. The number of nitrogen functional groups attached to an aromatic ring is 1. The first kappa shape index (κ1) is 8.78. The minimum Gasteiger partial charge on any atom is -0.382 e. The molecule has 0 radical (unpaired) electrons. The van der Waals surface area contributed by atoms with Crippen molar-refractivity contribution in [3.63, 3.8) is 0 Å². The van der Waals surface area contributed by atoms with Gasteiger partial charge in [-0.25, -0.2) is 4.98 Å². The minimum absolute atomic E-state index is 0.368. The van der Waals surface area contributed by atoms with Crippen molar-refractivity contribution in [2.75, 3.05) is 5.73 Å². The van der Waals surface area contributed by atoms with Gasteiger partial charge < -0.3 is 5.73 Å². The van der Waals surface area contributed by atoms with Crippen molar-refractivity contribution >= 4 is 44.1 Å². The molecule has 0 saturated heterocycles. The zero-order valence-corrected chi connectivity index (χ0v) is 8.93. The molecule has 0 fully saturated rings. The lowest BCUT2D eigenvalue weighted by Gasteiger charge is -2.02. The van der Waals surface area contributed by atoms with Gasteiger partial charge >= 0.3 is 0 Å². The number of hydrogen-bond acceptors (Lipinski definition) is 2. The lowest BCUT2D eigenvalue weighted by molar-refractivity contribution is 1.37. The fraction of sp³-hybridized carbons (Fsp3) is 0. The maximum absolute atomic E-state index is 5.99. The molecule has 2 aromatic rings. The zero-order chi connectivity index (χ0) is 9.42. The smallest absolute Gasteiger partial charge is 0.142 e. The van der Waals surface area contributed by atoms with Crippen LogP contribution in [0.4, 0.5) is 5.82 Å². The van der Waals surface area contributed by atoms with Crippen molar-refractivity contribution < 1.29 is 0 Å². The van der Waals surface area contributed by atoms with Crippen LogP contribution in [0.1, 0.15) is 0 Å². The van der Waals surface area contributed by atoms with Crippen LogP contribution in [0.5, 0.6) is 0 Å². The number of hydrogen-bond donors (Lipinski definition) is 1. The van der Waals surface area contributed by atoms with Crippen molar-refractivity contribution in [3.8, 4) is 0 Å². The quantitative estimate of drug-likeness (QED) is 0.787. The van der Waals surface area contributed by atoms with E-state index in [-0.39, 0.29) is 0 Å². The number of aromatic nitrogens is 1. The van der Waals surface area contributed by atoms with Crippen LogP contribution in [0.15, 0.2) is 28.9 Å². The molecule has 0 spiro atoms. The van der Waals surface area contributed by atoms with E-state index in [4.69, 9.17) is 17.3 Å². The number of pyridine rings is 1. The predicted molar refractivity (Wildman–Crippen MR) is 58.9 cm³/mol. The molecule has 0 aliphatic heterocycles. The van der Waals surface area contributed by atoms with Gasteiger partial charge in [0.15, 0.2) is 0 Å². The second-order valence-corrected chi connectivity index (χ2v) is 3.98. The standard InChI is InChI=1S/C9H6BrClN2/c10-6-2-1-5-4-13-9(12)8(11)7(5)3-6/h1-4H,(H2,12,13). The number of anilines is 1. The van der Waals surface area contributed by atoms with Crippen LogP contribution in [0.3, 0.4) is 0 Å². The molecule has 1 aromatic heterocycles. The Hall–Kier alpha value is -0.800. The van der Waals surface area contributed by atoms with E-state index in [1.165, 1.54) is 0 Å². The van der Waals surface area contributed by atoms with Crippen LogP contribution in [0.25, 0.3) is 10.8 Å². The van der Waals surface area contributed by atoms with E-state index < -0.39 is 0 Å². The maximum Gasteiger partial charge on any atom is 0.142 e. The van der Waals surface area contributed by atoms with Gasteiger partial charge in [0.1, 0.15) is 5.82 Å². The van der Waals surface area contributed by atoms with Crippen molar-refractivity contribution in [3.05, 3.63) is 33.9 Å². The number of rotatable bonds is 0. The van der Waals surface area contributed by atoms with Gasteiger partial charge in [-0.15, -0.1) is 0 Å². The fourth-order valence-electron chi connectivity index (χ4n) is 1.16. The summed E-state index contributed by atoms with van der Waals surface area (Å²) in [7, 11) is 0. The molecular weight excluding hydrogens is 251 g/mol. The molecule has 1 heterocycles. The average Bonchev–Trinajstić information content (AvgIpc) is 2.12. The summed E-state index contributed by atoms with van der Waals surface area (Å²) in [5.41, 5.74) is 5.58. The largest absolute Gasteiger partial charge is 0.382 e. The average molecular weight is 258 g/mol. The van der Waals surface area contributed by atoms with Crippen LogP contribution in [-0.4, -0.2) is 4.98 Å². The van der Waals surface area contributed by atoms with E-state index >= 15 is 0 Å².